The van der Waals surface area contributed by atoms with Crippen molar-refractivity contribution in [1.82, 2.24) is 4.98 Å². The van der Waals surface area contributed by atoms with Crippen LogP contribution in [-0.2, 0) is 0 Å². The first kappa shape index (κ1) is 27.8. The quantitative estimate of drug-likeness (QED) is 0.187. The van der Waals surface area contributed by atoms with Crippen molar-refractivity contribution in [3.8, 4) is 22.3 Å². The Bertz CT molecular complexity index is 2810. The van der Waals surface area contributed by atoms with Crippen molar-refractivity contribution in [2.45, 2.75) is 0 Å². The number of anilines is 3. The lowest BCUT2D eigenvalue weighted by molar-refractivity contribution is 0.667. The maximum Gasteiger partial charge on any atom is 0.154 e. The molecule has 49 heavy (non-hydrogen) atoms. The van der Waals surface area contributed by atoms with Crippen molar-refractivity contribution >= 4 is 81.4 Å². The van der Waals surface area contributed by atoms with Gasteiger partial charge in [0.2, 0.25) is 0 Å². The molecule has 3 nitrogen and oxygen atoms in total. The molecule has 230 valence electrons. The Kier molecular flexibility index (Phi) is 6.36. The van der Waals surface area contributed by atoms with Crippen molar-refractivity contribution in [2.24, 2.45) is 0 Å². The number of furan rings is 1. The Morgan fingerprint density at radius 2 is 1.08 bits per heavy atom. The van der Waals surface area contributed by atoms with E-state index in [-0.39, 0.29) is 0 Å². The standard InChI is InChI=1S/C45H28N2OS/c1-2-9-29(10-3-1)30-17-21-32(22-18-30)47(34-25-26-43-39(27-34)36-11-5-7-16-42(36)49-43)33-23-19-31(20-24-33)35-13-8-14-38-44-37-12-4-6-15-40(37)48-41(44)28-46-45(35)38/h1-28H. The number of thiophene rings is 1. The summed E-state index contributed by atoms with van der Waals surface area (Å²) in [7, 11) is 0. The second kappa shape index (κ2) is 11.2. The highest BCUT2D eigenvalue weighted by molar-refractivity contribution is 7.25. The van der Waals surface area contributed by atoms with Crippen LogP contribution in [0, 0.1) is 0 Å². The fourth-order valence-corrected chi connectivity index (χ4v) is 8.28. The molecule has 3 heterocycles. The second-order valence-corrected chi connectivity index (χ2v) is 13.5. The van der Waals surface area contributed by atoms with Gasteiger partial charge in [-0.25, -0.2) is 0 Å². The zero-order chi connectivity index (χ0) is 32.3. The molecule has 0 unspecified atom stereocenters. The van der Waals surface area contributed by atoms with Gasteiger partial charge in [-0.1, -0.05) is 109 Å². The first-order chi connectivity index (χ1) is 24.3. The minimum atomic E-state index is 0.811. The average molecular weight is 645 g/mol. The molecule has 0 radical (unpaired) electrons. The molecular weight excluding hydrogens is 617 g/mol. The van der Waals surface area contributed by atoms with Crippen LogP contribution in [0.4, 0.5) is 17.1 Å². The molecular formula is C45H28N2OS. The van der Waals surface area contributed by atoms with E-state index >= 15 is 0 Å². The molecule has 0 bridgehead atoms. The molecule has 0 saturated carbocycles. The van der Waals surface area contributed by atoms with E-state index in [0.29, 0.717) is 0 Å². The molecule has 0 atom stereocenters. The molecule has 0 amide bonds. The maximum absolute atomic E-state index is 6.14. The number of hydrogen-bond donors (Lipinski definition) is 0. The number of rotatable bonds is 5. The maximum atomic E-state index is 6.14. The molecule has 10 aromatic rings. The van der Waals surface area contributed by atoms with Crippen molar-refractivity contribution in [1.29, 1.82) is 0 Å². The van der Waals surface area contributed by atoms with Crippen LogP contribution in [0.5, 0.6) is 0 Å². The lowest BCUT2D eigenvalue weighted by Gasteiger charge is -2.26. The van der Waals surface area contributed by atoms with E-state index in [9.17, 15) is 0 Å². The summed E-state index contributed by atoms with van der Waals surface area (Å²) in [5.74, 6) is 0. The highest BCUT2D eigenvalue weighted by Gasteiger charge is 2.17. The minimum Gasteiger partial charge on any atom is -0.454 e. The fourth-order valence-electron chi connectivity index (χ4n) is 7.20. The van der Waals surface area contributed by atoms with Crippen LogP contribution in [0.15, 0.2) is 174 Å². The lowest BCUT2D eigenvalue weighted by atomic mass is 9.99. The van der Waals surface area contributed by atoms with Gasteiger partial charge in [0.25, 0.3) is 0 Å². The molecule has 0 aliphatic carbocycles. The molecule has 0 fully saturated rings. The van der Waals surface area contributed by atoms with Gasteiger partial charge in [-0.2, -0.15) is 0 Å². The van der Waals surface area contributed by atoms with Crippen LogP contribution in [0.3, 0.4) is 0 Å². The predicted octanol–water partition coefficient (Wildman–Crippen LogP) is 13.3. The molecule has 4 heteroatoms. The highest BCUT2D eigenvalue weighted by Crippen LogP contribution is 2.42. The molecule has 10 rings (SSSR count). The number of benzene rings is 7. The van der Waals surface area contributed by atoms with E-state index in [1.807, 2.05) is 29.7 Å². The molecule has 7 aromatic carbocycles. The van der Waals surface area contributed by atoms with Gasteiger partial charge in [0.05, 0.1) is 11.7 Å². The molecule has 0 saturated heterocycles. The van der Waals surface area contributed by atoms with Gasteiger partial charge in [-0.3, -0.25) is 4.98 Å². The smallest absolute Gasteiger partial charge is 0.154 e. The number of pyridine rings is 1. The van der Waals surface area contributed by atoms with Gasteiger partial charge < -0.3 is 9.32 Å². The van der Waals surface area contributed by atoms with Crippen LogP contribution in [-0.4, -0.2) is 4.98 Å². The summed E-state index contributed by atoms with van der Waals surface area (Å²) < 4.78 is 8.74. The van der Waals surface area contributed by atoms with Crippen LogP contribution in [0.1, 0.15) is 0 Å². The van der Waals surface area contributed by atoms with Crippen LogP contribution in [0.2, 0.25) is 0 Å². The van der Waals surface area contributed by atoms with E-state index < -0.39 is 0 Å². The largest absolute Gasteiger partial charge is 0.454 e. The van der Waals surface area contributed by atoms with E-state index in [1.54, 1.807) is 0 Å². The average Bonchev–Trinajstić information content (AvgIpc) is 3.74. The van der Waals surface area contributed by atoms with Crippen molar-refractivity contribution in [3.05, 3.63) is 170 Å². The Labute approximate surface area is 286 Å². The third-order valence-corrected chi connectivity index (χ3v) is 10.7. The van der Waals surface area contributed by atoms with Crippen molar-refractivity contribution in [3.63, 3.8) is 0 Å². The zero-order valence-corrected chi connectivity index (χ0v) is 27.2. The summed E-state index contributed by atoms with van der Waals surface area (Å²) in [5.41, 5.74) is 10.6. The number of aromatic nitrogens is 1. The highest BCUT2D eigenvalue weighted by atomic mass is 32.1. The third-order valence-electron chi connectivity index (χ3n) is 9.53. The number of fused-ring (bicyclic) bond motifs is 8. The van der Waals surface area contributed by atoms with Gasteiger partial charge in [-0.15, -0.1) is 11.3 Å². The Morgan fingerprint density at radius 3 is 1.90 bits per heavy atom. The first-order valence-electron chi connectivity index (χ1n) is 16.4. The molecule has 0 aliphatic heterocycles. The Balaban J connectivity index is 1.10. The number of nitrogens with zero attached hydrogens (tertiary/aromatic N) is 2. The van der Waals surface area contributed by atoms with Crippen LogP contribution < -0.4 is 4.90 Å². The van der Waals surface area contributed by atoms with Crippen molar-refractivity contribution < 1.29 is 4.42 Å². The summed E-state index contributed by atoms with van der Waals surface area (Å²) in [5, 5.41) is 5.89. The van der Waals surface area contributed by atoms with Gasteiger partial charge in [-0.05, 0) is 71.3 Å². The summed E-state index contributed by atoms with van der Waals surface area (Å²) in [6, 6.07) is 58.5. The molecule has 3 aromatic heterocycles. The Hall–Kier alpha value is -6.23. The topological polar surface area (TPSA) is 29.3 Å². The van der Waals surface area contributed by atoms with Crippen molar-refractivity contribution in [2.75, 3.05) is 4.90 Å². The van der Waals surface area contributed by atoms with E-state index in [0.717, 1.165) is 61.0 Å². The minimum absolute atomic E-state index is 0.811. The fraction of sp³-hybridized carbons (Fsp3) is 0. The molecule has 0 spiro atoms. The molecule has 0 aliphatic rings. The lowest BCUT2D eigenvalue weighted by Crippen LogP contribution is -2.09. The number of para-hydroxylation sites is 2. The van der Waals surface area contributed by atoms with E-state index in [1.165, 1.54) is 31.3 Å². The summed E-state index contributed by atoms with van der Waals surface area (Å²) in [6.07, 6.45) is 1.86. The molecule has 0 N–H and O–H groups in total. The summed E-state index contributed by atoms with van der Waals surface area (Å²) in [6.45, 7) is 0. The predicted molar refractivity (Wildman–Crippen MR) is 207 cm³/mol. The summed E-state index contributed by atoms with van der Waals surface area (Å²) >= 11 is 1.85. The van der Waals surface area contributed by atoms with E-state index in [2.05, 4.69) is 157 Å². The Morgan fingerprint density at radius 1 is 0.449 bits per heavy atom. The van der Waals surface area contributed by atoms with Crippen LogP contribution in [0.25, 0.3) is 75.3 Å². The van der Waals surface area contributed by atoms with Gasteiger partial charge >= 0.3 is 0 Å². The van der Waals surface area contributed by atoms with Crippen LogP contribution >= 0.6 is 11.3 Å². The van der Waals surface area contributed by atoms with Gasteiger partial charge in [0.15, 0.2) is 5.58 Å². The number of hydrogen-bond acceptors (Lipinski definition) is 4. The normalized spacial score (nSPS) is 11.7. The summed E-state index contributed by atoms with van der Waals surface area (Å²) in [4.78, 5) is 7.27. The monoisotopic (exact) mass is 644 g/mol. The van der Waals surface area contributed by atoms with E-state index in [4.69, 9.17) is 9.40 Å². The first-order valence-corrected chi connectivity index (χ1v) is 17.3. The second-order valence-electron chi connectivity index (χ2n) is 12.4. The SMILES string of the molecule is c1ccc(-c2ccc(N(c3ccc(-c4cccc5c4ncc4oc6ccccc6c45)cc3)c3ccc4sc5ccccc5c4c3)cc2)cc1. The zero-order valence-electron chi connectivity index (χ0n) is 26.4. The third kappa shape index (κ3) is 4.61. The van der Waals surface area contributed by atoms with Gasteiger partial charge in [0, 0.05) is 59.0 Å². The van der Waals surface area contributed by atoms with Gasteiger partial charge in [0.1, 0.15) is 5.58 Å².